The molecule has 0 amide bonds. The first-order valence-corrected chi connectivity index (χ1v) is 6.44. The summed E-state index contributed by atoms with van der Waals surface area (Å²) in [5, 5.41) is 0. The first-order chi connectivity index (χ1) is 8.12. The van der Waals surface area contributed by atoms with E-state index >= 15 is 0 Å². The molecule has 0 radical (unpaired) electrons. The van der Waals surface area contributed by atoms with Crippen LogP contribution in [0.2, 0.25) is 0 Å². The number of carbonyl (C=O) groups excluding carboxylic acids is 2. The molecule has 0 N–H and O–H groups in total. The Morgan fingerprint density at radius 2 is 1.71 bits per heavy atom. The number of Topliss-reactive ketones (excluding diaryl/α,β-unsaturated/α-hetero) is 1. The number of hydrogen-bond donors (Lipinski definition) is 0. The van der Waals surface area contributed by atoms with Gasteiger partial charge in [-0.3, -0.25) is 9.59 Å². The van der Waals surface area contributed by atoms with Crippen LogP contribution >= 0.6 is 0 Å². The topological polar surface area (TPSA) is 52.6 Å². The summed E-state index contributed by atoms with van der Waals surface area (Å²) < 4.78 is 10.3. The van der Waals surface area contributed by atoms with Gasteiger partial charge < -0.3 is 9.47 Å². The molecule has 0 spiro atoms. The zero-order valence-corrected chi connectivity index (χ0v) is 11.3. The van der Waals surface area contributed by atoms with Gasteiger partial charge in [-0.2, -0.15) is 0 Å². The first-order valence-electron chi connectivity index (χ1n) is 6.44. The number of hydrogen-bond acceptors (Lipinski definition) is 4. The highest BCUT2D eigenvalue weighted by molar-refractivity contribution is 6.01. The van der Waals surface area contributed by atoms with Crippen LogP contribution in [-0.2, 0) is 19.1 Å². The highest BCUT2D eigenvalue weighted by Gasteiger charge is 2.32. The van der Waals surface area contributed by atoms with Crippen LogP contribution in [0.15, 0.2) is 0 Å². The van der Waals surface area contributed by atoms with Gasteiger partial charge in [0, 0.05) is 6.61 Å². The number of carbonyl (C=O) groups is 2. The van der Waals surface area contributed by atoms with E-state index in [4.69, 9.17) is 9.47 Å². The fourth-order valence-corrected chi connectivity index (χ4v) is 1.73. The summed E-state index contributed by atoms with van der Waals surface area (Å²) in [7, 11) is 0. The summed E-state index contributed by atoms with van der Waals surface area (Å²) in [5.41, 5.74) is 0. The highest BCUT2D eigenvalue weighted by Crippen LogP contribution is 2.16. The fraction of sp³-hybridized carbons (Fsp3) is 0.846. The lowest BCUT2D eigenvalue weighted by atomic mass is 9.94. The van der Waals surface area contributed by atoms with Crippen LogP contribution < -0.4 is 0 Å². The Balaban J connectivity index is 4.66. The van der Waals surface area contributed by atoms with Crippen molar-refractivity contribution in [2.24, 2.45) is 5.92 Å². The molecule has 2 atom stereocenters. The van der Waals surface area contributed by atoms with Gasteiger partial charge in [-0.05, 0) is 26.7 Å². The van der Waals surface area contributed by atoms with Crippen LogP contribution in [0, 0.1) is 5.92 Å². The van der Waals surface area contributed by atoms with Crippen LogP contribution in [0.25, 0.3) is 0 Å². The lowest BCUT2D eigenvalue weighted by Gasteiger charge is -2.19. The van der Waals surface area contributed by atoms with E-state index in [1.807, 2.05) is 20.8 Å². The van der Waals surface area contributed by atoms with E-state index in [-0.39, 0.29) is 5.78 Å². The molecule has 0 bridgehead atoms. The molecule has 0 aliphatic carbocycles. The number of ether oxygens (including phenoxy) is 2. The van der Waals surface area contributed by atoms with E-state index in [0.717, 1.165) is 6.42 Å². The number of rotatable bonds is 9. The minimum atomic E-state index is -0.670. The number of ketones is 1. The van der Waals surface area contributed by atoms with E-state index < -0.39 is 18.0 Å². The summed E-state index contributed by atoms with van der Waals surface area (Å²) in [6.07, 6.45) is 1.41. The van der Waals surface area contributed by atoms with E-state index in [2.05, 4.69) is 0 Å². The fourth-order valence-electron chi connectivity index (χ4n) is 1.73. The molecule has 17 heavy (non-hydrogen) atoms. The molecule has 4 nitrogen and oxygen atoms in total. The maximum absolute atomic E-state index is 12.1. The van der Waals surface area contributed by atoms with Gasteiger partial charge in [-0.1, -0.05) is 20.3 Å². The predicted molar refractivity (Wildman–Crippen MR) is 65.7 cm³/mol. The quantitative estimate of drug-likeness (QED) is 0.461. The molecule has 0 aromatic heterocycles. The molecule has 0 saturated heterocycles. The molecule has 0 rings (SSSR count). The van der Waals surface area contributed by atoms with Crippen molar-refractivity contribution in [3.63, 3.8) is 0 Å². The largest absolute Gasteiger partial charge is 0.465 e. The monoisotopic (exact) mass is 244 g/mol. The lowest BCUT2D eigenvalue weighted by Crippen LogP contribution is -2.35. The van der Waals surface area contributed by atoms with Gasteiger partial charge in [-0.25, -0.2) is 0 Å². The molecule has 0 aromatic carbocycles. The molecule has 0 aliphatic heterocycles. The molecule has 0 aromatic rings. The Labute approximate surface area is 104 Å². The lowest BCUT2D eigenvalue weighted by molar-refractivity contribution is -0.155. The molecular weight excluding hydrogens is 220 g/mol. The van der Waals surface area contributed by atoms with Crippen LogP contribution in [0.3, 0.4) is 0 Å². The number of esters is 1. The van der Waals surface area contributed by atoms with Crippen LogP contribution in [0.5, 0.6) is 0 Å². The normalized spacial score (nSPS) is 14.1. The summed E-state index contributed by atoms with van der Waals surface area (Å²) in [6, 6.07) is 0. The van der Waals surface area contributed by atoms with Gasteiger partial charge in [0.25, 0.3) is 0 Å². The summed E-state index contributed by atoms with van der Waals surface area (Å²) in [6.45, 7) is 8.19. The summed E-state index contributed by atoms with van der Waals surface area (Å²) in [5.74, 6) is -1.23. The maximum atomic E-state index is 12.1. The maximum Gasteiger partial charge on any atom is 0.316 e. The minimum absolute atomic E-state index is 0.144. The van der Waals surface area contributed by atoms with Gasteiger partial charge in [0.2, 0.25) is 0 Å². The molecule has 100 valence electrons. The second-order valence-electron chi connectivity index (χ2n) is 3.85. The average molecular weight is 244 g/mol. The van der Waals surface area contributed by atoms with E-state index in [1.54, 1.807) is 6.92 Å². The molecule has 0 aliphatic rings. The van der Waals surface area contributed by atoms with Crippen molar-refractivity contribution < 1.29 is 19.1 Å². The standard InChI is InChI=1S/C13H24O4/c1-5-9-10(13(15)17-8-4)12(14)11(6-2)16-7-3/h10-11H,5-9H2,1-4H3. The summed E-state index contributed by atoms with van der Waals surface area (Å²) in [4.78, 5) is 23.8. The van der Waals surface area contributed by atoms with E-state index in [0.29, 0.717) is 26.1 Å². The first kappa shape index (κ1) is 16.1. The van der Waals surface area contributed by atoms with E-state index in [9.17, 15) is 9.59 Å². The van der Waals surface area contributed by atoms with Gasteiger partial charge >= 0.3 is 5.97 Å². The van der Waals surface area contributed by atoms with Crippen molar-refractivity contribution in [3.8, 4) is 0 Å². The minimum Gasteiger partial charge on any atom is -0.465 e. The van der Waals surface area contributed by atoms with Crippen molar-refractivity contribution in [3.05, 3.63) is 0 Å². The van der Waals surface area contributed by atoms with Crippen LogP contribution in [-0.4, -0.2) is 31.1 Å². The van der Waals surface area contributed by atoms with Crippen molar-refractivity contribution in [1.29, 1.82) is 0 Å². The Morgan fingerprint density at radius 1 is 1.06 bits per heavy atom. The zero-order chi connectivity index (χ0) is 13.3. The smallest absolute Gasteiger partial charge is 0.316 e. The second-order valence-corrected chi connectivity index (χ2v) is 3.85. The predicted octanol–water partition coefficient (Wildman–Crippen LogP) is 2.35. The van der Waals surface area contributed by atoms with Crippen molar-refractivity contribution >= 4 is 11.8 Å². The average Bonchev–Trinajstić information content (AvgIpc) is 2.32. The van der Waals surface area contributed by atoms with Gasteiger partial charge in [0.1, 0.15) is 12.0 Å². The third-order valence-corrected chi connectivity index (χ3v) is 2.55. The molecular formula is C13H24O4. The molecule has 0 heterocycles. The molecule has 0 fully saturated rings. The Hall–Kier alpha value is -0.900. The molecule has 4 heteroatoms. The summed E-state index contributed by atoms with van der Waals surface area (Å²) >= 11 is 0. The van der Waals surface area contributed by atoms with Crippen molar-refractivity contribution in [2.75, 3.05) is 13.2 Å². The Morgan fingerprint density at radius 3 is 2.12 bits per heavy atom. The van der Waals surface area contributed by atoms with Crippen LogP contribution in [0.1, 0.15) is 47.0 Å². The van der Waals surface area contributed by atoms with E-state index in [1.165, 1.54) is 0 Å². The Bertz CT molecular complexity index is 238. The van der Waals surface area contributed by atoms with Gasteiger partial charge in [0.05, 0.1) is 6.61 Å². The van der Waals surface area contributed by atoms with Crippen molar-refractivity contribution in [1.82, 2.24) is 0 Å². The zero-order valence-electron chi connectivity index (χ0n) is 11.3. The van der Waals surface area contributed by atoms with Crippen molar-refractivity contribution in [2.45, 2.75) is 53.1 Å². The van der Waals surface area contributed by atoms with Gasteiger partial charge in [0.15, 0.2) is 5.78 Å². The molecule has 0 saturated carbocycles. The SMILES string of the molecule is CCCC(C(=O)OCC)C(=O)C(CC)OCC. The van der Waals surface area contributed by atoms with Gasteiger partial charge in [-0.15, -0.1) is 0 Å². The van der Waals surface area contributed by atoms with Crippen LogP contribution in [0.4, 0.5) is 0 Å². The highest BCUT2D eigenvalue weighted by atomic mass is 16.5. The third-order valence-electron chi connectivity index (χ3n) is 2.55. The second kappa shape index (κ2) is 9.16. The third kappa shape index (κ3) is 5.31. The molecule has 2 unspecified atom stereocenters. The Kier molecular flexibility index (Phi) is 8.68.